The second-order valence-corrected chi connectivity index (χ2v) is 20.0. The molecule has 0 spiro atoms. The van der Waals surface area contributed by atoms with Crippen molar-refractivity contribution in [2.45, 2.75) is 99.3 Å². The predicted octanol–water partition coefficient (Wildman–Crippen LogP) is 6.42. The first kappa shape index (κ1) is 23.3. The Kier molecular flexibility index (Phi) is 14.8. The van der Waals surface area contributed by atoms with Gasteiger partial charge in [-0.2, -0.15) is 0 Å². The molecule has 0 aliphatic rings. The molecule has 0 heterocycles. The molecule has 0 radical (unpaired) electrons. The molecule has 0 rings (SSSR count). The molecule has 0 bridgehead atoms. The van der Waals surface area contributed by atoms with Crippen LogP contribution in [0.3, 0.4) is 0 Å². The van der Waals surface area contributed by atoms with Crippen LogP contribution in [-0.2, 0) is 0 Å². The SMILES string of the molecule is CCC[CH2][Sn]([C]#CC(CCO)CC(C)C)([CH2]CCC)[CH2]CCC. The van der Waals surface area contributed by atoms with Crippen molar-refractivity contribution in [3.8, 4) is 9.86 Å². The molecule has 1 N–H and O–H groups in total. The molecule has 0 aromatic heterocycles. The van der Waals surface area contributed by atoms with E-state index in [0.29, 0.717) is 11.8 Å². The Morgan fingerprint density at radius 1 is 0.870 bits per heavy atom. The molecule has 0 fully saturated rings. The van der Waals surface area contributed by atoms with Gasteiger partial charge >= 0.3 is 151 Å². The van der Waals surface area contributed by atoms with E-state index in [9.17, 15) is 5.11 Å². The summed E-state index contributed by atoms with van der Waals surface area (Å²) in [4.78, 5) is 0. The van der Waals surface area contributed by atoms with E-state index in [4.69, 9.17) is 0 Å². The predicted molar refractivity (Wildman–Crippen MR) is 107 cm³/mol. The minimum absolute atomic E-state index is 0.285. The van der Waals surface area contributed by atoms with Crippen molar-refractivity contribution in [2.75, 3.05) is 6.61 Å². The summed E-state index contributed by atoms with van der Waals surface area (Å²) in [6, 6.07) is 0. The summed E-state index contributed by atoms with van der Waals surface area (Å²) in [6.45, 7) is 11.8. The zero-order valence-corrected chi connectivity index (χ0v) is 19.4. The third-order valence-corrected chi connectivity index (χ3v) is 17.9. The molecule has 0 aliphatic carbocycles. The van der Waals surface area contributed by atoms with E-state index < -0.39 is 18.4 Å². The van der Waals surface area contributed by atoms with Gasteiger partial charge < -0.3 is 0 Å². The van der Waals surface area contributed by atoms with Crippen LogP contribution in [0.2, 0.25) is 13.3 Å². The molecule has 23 heavy (non-hydrogen) atoms. The molecule has 1 atom stereocenters. The fraction of sp³-hybridized carbons (Fsp3) is 0.905. The molecule has 0 aliphatic heterocycles. The van der Waals surface area contributed by atoms with E-state index in [1.807, 2.05) is 0 Å². The van der Waals surface area contributed by atoms with E-state index >= 15 is 0 Å². The Bertz CT molecular complexity index is 305. The average molecular weight is 429 g/mol. The Morgan fingerprint density at radius 2 is 1.35 bits per heavy atom. The summed E-state index contributed by atoms with van der Waals surface area (Å²) in [6.07, 6.45) is 10.1. The summed E-state index contributed by atoms with van der Waals surface area (Å²) in [5.41, 5.74) is 0. The van der Waals surface area contributed by atoms with Gasteiger partial charge in [0.15, 0.2) is 0 Å². The molecule has 1 nitrogen and oxygen atoms in total. The molecule has 0 aromatic rings. The number of aliphatic hydroxyl groups is 1. The minimum atomic E-state index is -2.30. The Labute approximate surface area is 150 Å². The fourth-order valence-electron chi connectivity index (χ4n) is 3.34. The Balaban J connectivity index is 5.21. The van der Waals surface area contributed by atoms with Crippen LogP contribution < -0.4 is 0 Å². The van der Waals surface area contributed by atoms with Gasteiger partial charge in [-0.1, -0.05) is 0 Å². The Hall–Kier alpha value is 0.319. The standard InChI is InChI=1S/C9H15O.3C4H9.Sn/c1-4-9(5-6-10)7-8(2)3;3*1-3-4-2;/h8-10H,5-7H2,2-3H3;3*1,3-4H2,2H3;. The van der Waals surface area contributed by atoms with Gasteiger partial charge in [0.1, 0.15) is 0 Å². The molecule has 1 unspecified atom stereocenters. The second kappa shape index (κ2) is 14.6. The first-order valence-corrected chi connectivity index (χ1v) is 17.6. The zero-order chi connectivity index (χ0) is 17.6. The maximum absolute atomic E-state index is 9.35. The topological polar surface area (TPSA) is 20.2 Å². The quantitative estimate of drug-likeness (QED) is 0.265. The fourth-order valence-corrected chi connectivity index (χ4v) is 16.8. The van der Waals surface area contributed by atoms with Crippen molar-refractivity contribution in [2.24, 2.45) is 11.8 Å². The van der Waals surface area contributed by atoms with Crippen LogP contribution in [0.1, 0.15) is 86.0 Å². The second-order valence-electron chi connectivity index (χ2n) is 7.70. The van der Waals surface area contributed by atoms with Gasteiger partial charge in [0.25, 0.3) is 0 Å². The number of hydrogen-bond donors (Lipinski definition) is 1. The molecule has 0 aromatic carbocycles. The van der Waals surface area contributed by atoms with E-state index in [0.717, 1.165) is 12.8 Å². The zero-order valence-electron chi connectivity index (χ0n) is 16.6. The van der Waals surface area contributed by atoms with Crippen LogP contribution >= 0.6 is 0 Å². The molecule has 0 saturated heterocycles. The van der Waals surface area contributed by atoms with E-state index in [1.54, 1.807) is 0 Å². The number of unbranched alkanes of at least 4 members (excludes halogenated alkanes) is 3. The van der Waals surface area contributed by atoms with Gasteiger partial charge in [-0.3, -0.25) is 0 Å². The monoisotopic (exact) mass is 430 g/mol. The van der Waals surface area contributed by atoms with Crippen LogP contribution in [0.15, 0.2) is 0 Å². The molecular weight excluding hydrogens is 387 g/mol. The van der Waals surface area contributed by atoms with Crippen molar-refractivity contribution in [1.29, 1.82) is 0 Å². The third kappa shape index (κ3) is 11.5. The first-order valence-electron chi connectivity index (χ1n) is 10.2. The van der Waals surface area contributed by atoms with Gasteiger partial charge in [0, 0.05) is 0 Å². The molecule has 0 amide bonds. The van der Waals surface area contributed by atoms with Gasteiger partial charge in [0.2, 0.25) is 0 Å². The van der Waals surface area contributed by atoms with Gasteiger partial charge in [-0.15, -0.1) is 0 Å². The number of hydrogen-bond acceptors (Lipinski definition) is 1. The third-order valence-electron chi connectivity index (χ3n) is 4.80. The number of aliphatic hydroxyl groups excluding tert-OH is 1. The first-order chi connectivity index (χ1) is 11.0. The van der Waals surface area contributed by atoms with Crippen molar-refractivity contribution < 1.29 is 5.11 Å². The summed E-state index contributed by atoms with van der Waals surface area (Å²) < 4.78 is 8.37. The van der Waals surface area contributed by atoms with Crippen LogP contribution in [0.4, 0.5) is 0 Å². The summed E-state index contributed by atoms with van der Waals surface area (Å²) in [5, 5.41) is 9.35. The van der Waals surface area contributed by atoms with Crippen LogP contribution in [0.5, 0.6) is 0 Å². The molecule has 0 saturated carbocycles. The molecule has 136 valence electrons. The average Bonchev–Trinajstić information content (AvgIpc) is 2.53. The van der Waals surface area contributed by atoms with Crippen molar-refractivity contribution in [1.82, 2.24) is 0 Å². The molecule has 2 heteroatoms. The maximum atomic E-state index is 9.35. The van der Waals surface area contributed by atoms with Crippen LogP contribution in [0, 0.1) is 21.7 Å². The summed E-state index contributed by atoms with van der Waals surface area (Å²) in [5.74, 6) is 4.79. The summed E-state index contributed by atoms with van der Waals surface area (Å²) >= 11 is -2.30. The van der Waals surface area contributed by atoms with Gasteiger partial charge in [-0.25, -0.2) is 0 Å². The Morgan fingerprint density at radius 3 is 1.70 bits per heavy atom. The van der Waals surface area contributed by atoms with E-state index in [2.05, 4.69) is 44.5 Å². The van der Waals surface area contributed by atoms with E-state index in [1.165, 1.54) is 51.8 Å². The van der Waals surface area contributed by atoms with Crippen molar-refractivity contribution >= 4 is 18.4 Å². The van der Waals surface area contributed by atoms with Crippen LogP contribution in [0.25, 0.3) is 0 Å². The summed E-state index contributed by atoms with van der Waals surface area (Å²) in [7, 11) is 0. The van der Waals surface area contributed by atoms with Crippen molar-refractivity contribution in [3.05, 3.63) is 0 Å². The van der Waals surface area contributed by atoms with E-state index in [-0.39, 0.29) is 6.61 Å². The molecular formula is C21H42OSn. The van der Waals surface area contributed by atoms with Gasteiger partial charge in [-0.05, 0) is 0 Å². The normalized spacial score (nSPS) is 13.0. The van der Waals surface area contributed by atoms with Crippen molar-refractivity contribution in [3.63, 3.8) is 0 Å². The number of rotatable bonds is 13. The van der Waals surface area contributed by atoms with Crippen LogP contribution in [-0.4, -0.2) is 30.1 Å². The van der Waals surface area contributed by atoms with Gasteiger partial charge in [0.05, 0.1) is 0 Å².